The zero-order valence-corrected chi connectivity index (χ0v) is 13.8. The van der Waals surface area contributed by atoms with E-state index in [1.54, 1.807) is 4.90 Å². The SMILES string of the molecule is O=C1CN(C(=O)CN2CCO[C@@]3(CCc4ccccc43)C2)CCN1. The molecular formula is C18H23N3O3. The molecule has 1 spiro atoms. The van der Waals surface area contributed by atoms with Gasteiger partial charge in [0.05, 0.1) is 19.7 Å². The fraction of sp³-hybridized carbons (Fsp3) is 0.556. The van der Waals surface area contributed by atoms with Gasteiger partial charge in [0.25, 0.3) is 0 Å². The molecule has 0 aromatic heterocycles. The highest BCUT2D eigenvalue weighted by atomic mass is 16.5. The summed E-state index contributed by atoms with van der Waals surface area (Å²) in [4.78, 5) is 27.8. The predicted molar refractivity (Wildman–Crippen MR) is 88.4 cm³/mol. The van der Waals surface area contributed by atoms with Crippen molar-refractivity contribution in [1.82, 2.24) is 15.1 Å². The Morgan fingerprint density at radius 1 is 1.29 bits per heavy atom. The van der Waals surface area contributed by atoms with Crippen LogP contribution in [0.2, 0.25) is 0 Å². The van der Waals surface area contributed by atoms with Crippen molar-refractivity contribution in [2.24, 2.45) is 0 Å². The predicted octanol–water partition coefficient (Wildman–Crippen LogP) is 0.119. The Balaban J connectivity index is 1.44. The van der Waals surface area contributed by atoms with Crippen LogP contribution in [0.15, 0.2) is 24.3 Å². The quantitative estimate of drug-likeness (QED) is 0.837. The van der Waals surface area contributed by atoms with Gasteiger partial charge >= 0.3 is 0 Å². The molecule has 1 aromatic rings. The van der Waals surface area contributed by atoms with Crippen LogP contribution in [0.3, 0.4) is 0 Å². The molecule has 1 N–H and O–H groups in total. The van der Waals surface area contributed by atoms with Crippen molar-refractivity contribution in [1.29, 1.82) is 0 Å². The molecule has 24 heavy (non-hydrogen) atoms. The van der Waals surface area contributed by atoms with Gasteiger partial charge in [-0.15, -0.1) is 0 Å². The molecule has 1 aromatic carbocycles. The standard InChI is InChI=1S/C18H23N3O3/c22-16-11-21(8-7-19-16)17(23)12-20-9-10-24-18(13-20)6-5-14-3-1-2-4-15(14)18/h1-4H,5-13H2,(H,19,22)/t18-/m0/s1. The maximum Gasteiger partial charge on any atom is 0.239 e. The van der Waals surface area contributed by atoms with E-state index in [2.05, 4.69) is 34.5 Å². The molecule has 0 saturated carbocycles. The lowest BCUT2D eigenvalue weighted by molar-refractivity contribution is -0.145. The van der Waals surface area contributed by atoms with Crippen LogP contribution in [0.4, 0.5) is 0 Å². The molecule has 0 bridgehead atoms. The summed E-state index contributed by atoms with van der Waals surface area (Å²) in [5.74, 6) is -0.0362. The molecular weight excluding hydrogens is 306 g/mol. The number of benzene rings is 1. The van der Waals surface area contributed by atoms with Gasteiger partial charge in [0.1, 0.15) is 5.60 Å². The number of fused-ring (bicyclic) bond motifs is 2. The number of piperazine rings is 1. The van der Waals surface area contributed by atoms with E-state index in [0.29, 0.717) is 26.2 Å². The minimum Gasteiger partial charge on any atom is -0.368 e. The zero-order chi connectivity index (χ0) is 16.6. The second kappa shape index (κ2) is 6.18. The second-order valence-electron chi connectivity index (χ2n) is 6.88. The smallest absolute Gasteiger partial charge is 0.239 e. The van der Waals surface area contributed by atoms with E-state index in [1.807, 2.05) is 0 Å². The average Bonchev–Trinajstić information content (AvgIpc) is 2.93. The lowest BCUT2D eigenvalue weighted by Crippen LogP contribution is -2.55. The van der Waals surface area contributed by atoms with Crippen molar-refractivity contribution < 1.29 is 14.3 Å². The van der Waals surface area contributed by atoms with Gasteiger partial charge in [0.15, 0.2) is 0 Å². The van der Waals surface area contributed by atoms with Gasteiger partial charge in [0.2, 0.25) is 11.8 Å². The minimum atomic E-state index is -0.269. The number of ether oxygens (including phenoxy) is 1. The molecule has 6 heteroatoms. The summed E-state index contributed by atoms with van der Waals surface area (Å²) < 4.78 is 6.20. The average molecular weight is 329 g/mol. The Kier molecular flexibility index (Phi) is 4.02. The minimum absolute atomic E-state index is 0.0354. The zero-order valence-electron chi connectivity index (χ0n) is 13.8. The number of aryl methyl sites for hydroxylation is 1. The van der Waals surface area contributed by atoms with Crippen molar-refractivity contribution in [3.8, 4) is 0 Å². The summed E-state index contributed by atoms with van der Waals surface area (Å²) in [7, 11) is 0. The van der Waals surface area contributed by atoms with E-state index in [0.717, 1.165) is 25.9 Å². The van der Waals surface area contributed by atoms with Crippen LogP contribution >= 0.6 is 0 Å². The van der Waals surface area contributed by atoms with Gasteiger partial charge in [-0.2, -0.15) is 0 Å². The van der Waals surface area contributed by atoms with E-state index in [9.17, 15) is 9.59 Å². The van der Waals surface area contributed by atoms with Crippen LogP contribution in [-0.2, 0) is 26.3 Å². The van der Waals surface area contributed by atoms with Crippen molar-refractivity contribution in [3.63, 3.8) is 0 Å². The Morgan fingerprint density at radius 3 is 3.04 bits per heavy atom. The normalized spacial score (nSPS) is 27.2. The third kappa shape index (κ3) is 2.80. The van der Waals surface area contributed by atoms with Gasteiger partial charge in [-0.3, -0.25) is 14.5 Å². The highest BCUT2D eigenvalue weighted by Gasteiger charge is 2.43. The Morgan fingerprint density at radius 2 is 2.17 bits per heavy atom. The molecule has 2 fully saturated rings. The van der Waals surface area contributed by atoms with E-state index in [-0.39, 0.29) is 24.0 Å². The first-order valence-corrected chi connectivity index (χ1v) is 8.65. The van der Waals surface area contributed by atoms with Gasteiger partial charge in [-0.25, -0.2) is 0 Å². The molecule has 2 saturated heterocycles. The molecule has 6 nitrogen and oxygen atoms in total. The van der Waals surface area contributed by atoms with E-state index >= 15 is 0 Å². The largest absolute Gasteiger partial charge is 0.368 e. The van der Waals surface area contributed by atoms with Crippen LogP contribution in [0.1, 0.15) is 17.5 Å². The van der Waals surface area contributed by atoms with Gasteiger partial charge in [-0.05, 0) is 24.0 Å². The summed E-state index contributed by atoms with van der Waals surface area (Å²) in [6.45, 7) is 3.83. The maximum atomic E-state index is 12.5. The first-order valence-electron chi connectivity index (χ1n) is 8.65. The number of hydrogen-bond acceptors (Lipinski definition) is 4. The fourth-order valence-corrected chi connectivity index (χ4v) is 4.10. The van der Waals surface area contributed by atoms with Crippen molar-refractivity contribution in [3.05, 3.63) is 35.4 Å². The number of hydrogen-bond donors (Lipinski definition) is 1. The van der Waals surface area contributed by atoms with Gasteiger partial charge in [-0.1, -0.05) is 24.3 Å². The summed E-state index contributed by atoms with van der Waals surface area (Å²) in [5.41, 5.74) is 2.37. The van der Waals surface area contributed by atoms with Crippen LogP contribution in [0.25, 0.3) is 0 Å². The number of carbonyl (C=O) groups excluding carboxylic acids is 2. The van der Waals surface area contributed by atoms with Crippen LogP contribution in [0, 0.1) is 0 Å². The third-order valence-electron chi connectivity index (χ3n) is 5.32. The number of morpholine rings is 1. The first-order chi connectivity index (χ1) is 11.7. The molecule has 128 valence electrons. The van der Waals surface area contributed by atoms with Gasteiger partial charge in [0, 0.05) is 26.2 Å². The van der Waals surface area contributed by atoms with E-state index in [1.165, 1.54) is 11.1 Å². The molecule has 2 heterocycles. The molecule has 0 radical (unpaired) electrons. The molecule has 2 amide bonds. The van der Waals surface area contributed by atoms with Crippen molar-refractivity contribution in [2.45, 2.75) is 18.4 Å². The lowest BCUT2D eigenvalue weighted by Gasteiger charge is -2.41. The van der Waals surface area contributed by atoms with Crippen molar-refractivity contribution in [2.75, 3.05) is 45.9 Å². The molecule has 2 aliphatic heterocycles. The summed E-state index contributed by atoms with van der Waals surface area (Å²) in [6, 6.07) is 8.46. The Bertz CT molecular complexity index is 659. The van der Waals surface area contributed by atoms with Crippen LogP contribution in [-0.4, -0.2) is 67.5 Å². The maximum absolute atomic E-state index is 12.5. The Labute approximate surface area is 141 Å². The highest BCUT2D eigenvalue weighted by molar-refractivity contribution is 5.86. The van der Waals surface area contributed by atoms with Crippen LogP contribution in [0.5, 0.6) is 0 Å². The number of amides is 2. The molecule has 0 unspecified atom stereocenters. The van der Waals surface area contributed by atoms with Gasteiger partial charge < -0.3 is 15.0 Å². The van der Waals surface area contributed by atoms with E-state index < -0.39 is 0 Å². The fourth-order valence-electron chi connectivity index (χ4n) is 4.10. The number of nitrogens with zero attached hydrogens (tertiary/aromatic N) is 2. The molecule has 1 atom stereocenters. The molecule has 4 rings (SSSR count). The molecule has 3 aliphatic rings. The van der Waals surface area contributed by atoms with Crippen molar-refractivity contribution >= 4 is 11.8 Å². The Hall–Kier alpha value is -1.92. The number of nitrogens with one attached hydrogen (secondary N) is 1. The lowest BCUT2D eigenvalue weighted by atomic mass is 9.93. The molecule has 1 aliphatic carbocycles. The van der Waals surface area contributed by atoms with E-state index in [4.69, 9.17) is 4.74 Å². The topological polar surface area (TPSA) is 61.9 Å². The summed E-state index contributed by atoms with van der Waals surface area (Å²) in [5, 5.41) is 2.75. The third-order valence-corrected chi connectivity index (χ3v) is 5.32. The second-order valence-corrected chi connectivity index (χ2v) is 6.88. The number of carbonyl (C=O) groups is 2. The monoisotopic (exact) mass is 329 g/mol. The first kappa shape index (κ1) is 15.6. The number of rotatable bonds is 2. The summed E-state index contributed by atoms with van der Waals surface area (Å²) >= 11 is 0. The summed E-state index contributed by atoms with van der Waals surface area (Å²) in [6.07, 6.45) is 2.01. The van der Waals surface area contributed by atoms with Crippen LogP contribution < -0.4 is 5.32 Å². The highest BCUT2D eigenvalue weighted by Crippen LogP contribution is 2.42.